The number of hydrogen-bond acceptors (Lipinski definition) is 6. The van der Waals surface area contributed by atoms with Crippen molar-refractivity contribution in [3.05, 3.63) is 36.0 Å². The van der Waals surface area contributed by atoms with Crippen molar-refractivity contribution in [1.29, 1.82) is 0 Å². The van der Waals surface area contributed by atoms with E-state index in [1.54, 1.807) is 17.8 Å². The molecule has 3 aromatic rings. The van der Waals surface area contributed by atoms with Crippen LogP contribution in [0, 0.1) is 5.92 Å². The first-order valence-corrected chi connectivity index (χ1v) is 9.87. The molecule has 2 heterocycles. The van der Waals surface area contributed by atoms with Crippen LogP contribution in [0.2, 0.25) is 0 Å². The lowest BCUT2D eigenvalue weighted by Gasteiger charge is -2.26. The fourth-order valence-corrected chi connectivity index (χ4v) is 4.12. The fraction of sp³-hybridized carbons (Fsp3) is 0.350. The monoisotopic (exact) mass is 400 g/mol. The van der Waals surface area contributed by atoms with Crippen molar-refractivity contribution < 1.29 is 14.6 Å². The number of carbonyl (C=O) groups is 1. The molecule has 3 rings (SSSR count). The van der Waals surface area contributed by atoms with Gasteiger partial charge in [-0.1, -0.05) is 13.8 Å². The number of carboxylic acid groups (broad SMARTS) is 1. The van der Waals surface area contributed by atoms with E-state index in [-0.39, 0.29) is 5.82 Å². The van der Waals surface area contributed by atoms with Gasteiger partial charge in [0.15, 0.2) is 0 Å². The zero-order chi connectivity index (χ0) is 20.3. The zero-order valence-electron chi connectivity index (χ0n) is 16.1. The number of hydrogen-bond donors (Lipinski definition) is 3. The van der Waals surface area contributed by atoms with Gasteiger partial charge in [0, 0.05) is 17.3 Å². The van der Waals surface area contributed by atoms with Gasteiger partial charge in [-0.3, -0.25) is 5.32 Å². The van der Waals surface area contributed by atoms with Crippen molar-refractivity contribution in [2.24, 2.45) is 11.7 Å². The van der Waals surface area contributed by atoms with E-state index in [4.69, 9.17) is 15.6 Å². The topological polar surface area (TPSA) is 110 Å². The van der Waals surface area contributed by atoms with Crippen LogP contribution < -0.4 is 15.8 Å². The lowest BCUT2D eigenvalue weighted by molar-refractivity contribution is 0.208. The molecule has 4 N–H and O–H groups in total. The highest BCUT2D eigenvalue weighted by Crippen LogP contribution is 2.37. The Morgan fingerprint density at radius 2 is 2.14 bits per heavy atom. The van der Waals surface area contributed by atoms with Gasteiger partial charge in [0.05, 0.1) is 10.2 Å². The number of nitrogens with zero attached hydrogens (tertiary/aromatic N) is 2. The molecule has 0 saturated heterocycles. The van der Waals surface area contributed by atoms with Gasteiger partial charge in [-0.2, -0.15) is 0 Å². The summed E-state index contributed by atoms with van der Waals surface area (Å²) in [6.45, 7) is 6.67. The molecular formula is C20H24N4O3S. The molecule has 0 fully saturated rings. The second kappa shape index (κ2) is 8.12. The van der Waals surface area contributed by atoms with Gasteiger partial charge in [0.25, 0.3) is 0 Å². The Bertz CT molecular complexity index is 984. The van der Waals surface area contributed by atoms with Crippen LogP contribution in [0.5, 0.6) is 5.75 Å². The Kier molecular flexibility index (Phi) is 5.81. The molecule has 1 atom stereocenters. The van der Waals surface area contributed by atoms with Crippen molar-refractivity contribution in [3.63, 3.8) is 0 Å². The minimum Gasteiger partial charge on any atom is -0.489 e. The molecule has 8 heteroatoms. The van der Waals surface area contributed by atoms with Crippen LogP contribution in [-0.2, 0) is 0 Å². The maximum Gasteiger partial charge on any atom is 0.410 e. The number of rotatable bonds is 7. The normalized spacial score (nSPS) is 13.5. The molecule has 0 radical (unpaired) electrons. The molecular weight excluding hydrogens is 376 g/mol. The second-order valence-corrected chi connectivity index (χ2v) is 8.40. The van der Waals surface area contributed by atoms with E-state index in [0.717, 1.165) is 27.8 Å². The SMILES string of the molecule is CC(C)CC(C)(N)COc1ccc(-c2ccnc(NC(=O)O)c2)c2scnc12. The Labute approximate surface area is 167 Å². The number of nitrogens with two attached hydrogens (primary N) is 1. The predicted octanol–water partition coefficient (Wildman–Crippen LogP) is 4.59. The molecule has 0 spiro atoms. The van der Waals surface area contributed by atoms with E-state index in [2.05, 4.69) is 29.1 Å². The average Bonchev–Trinajstić information content (AvgIpc) is 3.08. The summed E-state index contributed by atoms with van der Waals surface area (Å²) >= 11 is 1.51. The summed E-state index contributed by atoms with van der Waals surface area (Å²) < 4.78 is 6.99. The first-order valence-electron chi connectivity index (χ1n) is 8.99. The van der Waals surface area contributed by atoms with Gasteiger partial charge in [0.1, 0.15) is 23.7 Å². The highest BCUT2D eigenvalue weighted by Gasteiger charge is 2.22. The first-order chi connectivity index (χ1) is 13.2. The maximum atomic E-state index is 10.9. The molecule has 7 nitrogen and oxygen atoms in total. The number of aromatic nitrogens is 2. The third kappa shape index (κ3) is 4.76. The van der Waals surface area contributed by atoms with Crippen LogP contribution in [0.3, 0.4) is 0 Å². The minimum absolute atomic E-state index is 0.274. The lowest BCUT2D eigenvalue weighted by atomic mass is 9.93. The van der Waals surface area contributed by atoms with Gasteiger partial charge in [0.2, 0.25) is 0 Å². The number of anilines is 1. The van der Waals surface area contributed by atoms with Crippen molar-refractivity contribution in [1.82, 2.24) is 9.97 Å². The summed E-state index contributed by atoms with van der Waals surface area (Å²) in [6.07, 6.45) is 1.29. The van der Waals surface area contributed by atoms with Crippen LogP contribution in [0.25, 0.3) is 21.3 Å². The molecule has 28 heavy (non-hydrogen) atoms. The van der Waals surface area contributed by atoms with E-state index in [1.807, 2.05) is 25.1 Å². The Balaban J connectivity index is 1.89. The highest BCUT2D eigenvalue weighted by atomic mass is 32.1. The lowest BCUT2D eigenvalue weighted by Crippen LogP contribution is -2.43. The zero-order valence-corrected chi connectivity index (χ0v) is 16.9. The van der Waals surface area contributed by atoms with Crippen LogP contribution in [-0.4, -0.2) is 33.3 Å². The van der Waals surface area contributed by atoms with Crippen molar-refractivity contribution >= 4 is 33.5 Å². The molecule has 0 aliphatic heterocycles. The summed E-state index contributed by atoms with van der Waals surface area (Å²) in [4.78, 5) is 19.4. The van der Waals surface area contributed by atoms with Gasteiger partial charge < -0.3 is 15.6 Å². The largest absolute Gasteiger partial charge is 0.489 e. The average molecular weight is 401 g/mol. The third-order valence-electron chi connectivity index (χ3n) is 4.18. The number of thiazole rings is 1. The van der Waals surface area contributed by atoms with E-state index in [1.165, 1.54) is 11.3 Å². The summed E-state index contributed by atoms with van der Waals surface area (Å²) in [7, 11) is 0. The Morgan fingerprint density at radius 3 is 2.86 bits per heavy atom. The van der Waals surface area contributed by atoms with Crippen LogP contribution in [0.1, 0.15) is 27.2 Å². The van der Waals surface area contributed by atoms with E-state index >= 15 is 0 Å². The minimum atomic E-state index is -1.15. The van der Waals surface area contributed by atoms with Gasteiger partial charge in [-0.15, -0.1) is 11.3 Å². The Morgan fingerprint density at radius 1 is 1.36 bits per heavy atom. The molecule has 1 amide bonds. The number of fused-ring (bicyclic) bond motifs is 1. The van der Waals surface area contributed by atoms with E-state index in [0.29, 0.717) is 18.3 Å². The fourth-order valence-electron chi connectivity index (χ4n) is 3.28. The highest BCUT2D eigenvalue weighted by molar-refractivity contribution is 7.17. The molecule has 1 unspecified atom stereocenters. The van der Waals surface area contributed by atoms with Crippen molar-refractivity contribution in [2.75, 3.05) is 11.9 Å². The van der Waals surface area contributed by atoms with Crippen LogP contribution in [0.4, 0.5) is 10.6 Å². The first kappa shape index (κ1) is 20.0. The number of benzene rings is 1. The predicted molar refractivity (Wildman–Crippen MR) is 112 cm³/mol. The number of nitrogens with one attached hydrogen (secondary N) is 1. The van der Waals surface area contributed by atoms with Gasteiger partial charge in [-0.05, 0) is 49.1 Å². The molecule has 2 aromatic heterocycles. The van der Waals surface area contributed by atoms with Crippen molar-refractivity contribution in [2.45, 2.75) is 32.7 Å². The number of ether oxygens (including phenoxy) is 1. The summed E-state index contributed by atoms with van der Waals surface area (Å²) in [5, 5.41) is 11.2. The summed E-state index contributed by atoms with van der Waals surface area (Å²) in [6, 6.07) is 7.37. The van der Waals surface area contributed by atoms with Crippen molar-refractivity contribution in [3.8, 4) is 16.9 Å². The third-order valence-corrected chi connectivity index (χ3v) is 5.04. The molecule has 0 aliphatic rings. The quantitative estimate of drug-likeness (QED) is 0.535. The van der Waals surface area contributed by atoms with E-state index in [9.17, 15) is 4.79 Å². The van der Waals surface area contributed by atoms with E-state index < -0.39 is 11.6 Å². The van der Waals surface area contributed by atoms with Crippen LogP contribution in [0.15, 0.2) is 36.0 Å². The maximum absolute atomic E-state index is 10.9. The second-order valence-electron chi connectivity index (χ2n) is 7.54. The molecule has 0 saturated carbocycles. The molecule has 0 bridgehead atoms. The summed E-state index contributed by atoms with van der Waals surface area (Å²) in [5.74, 6) is 1.45. The molecule has 0 aliphatic carbocycles. The molecule has 148 valence electrons. The van der Waals surface area contributed by atoms with Gasteiger partial charge in [-0.25, -0.2) is 14.8 Å². The molecule has 1 aromatic carbocycles. The number of pyridine rings is 1. The smallest absolute Gasteiger partial charge is 0.410 e. The summed E-state index contributed by atoms with van der Waals surface area (Å²) in [5.41, 5.74) is 10.3. The van der Waals surface area contributed by atoms with Gasteiger partial charge >= 0.3 is 6.09 Å². The Hall–Kier alpha value is -2.71. The standard InChI is InChI=1S/C20H24N4O3S/c1-12(2)9-20(3,21)10-27-15-5-4-14(18-17(15)23-11-28-18)13-6-7-22-16(8-13)24-19(25)26/h4-8,11-12H,9-10,21H2,1-3H3,(H,22,24)(H,25,26). The van der Waals surface area contributed by atoms with Crippen LogP contribution >= 0.6 is 11.3 Å². The number of amides is 1.